The zero-order chi connectivity index (χ0) is 21.9. The average Bonchev–Trinajstić information content (AvgIpc) is 2.89. The van der Waals surface area contributed by atoms with E-state index < -0.39 is 23.4 Å². The highest BCUT2D eigenvalue weighted by molar-refractivity contribution is 6.08. The van der Waals surface area contributed by atoms with E-state index in [4.69, 9.17) is 0 Å². The molecule has 1 aliphatic heterocycles. The van der Waals surface area contributed by atoms with Crippen molar-refractivity contribution >= 4 is 29.4 Å². The molecule has 2 aliphatic rings. The molecule has 5 amide bonds. The molecule has 0 aromatic heterocycles. The summed E-state index contributed by atoms with van der Waals surface area (Å²) in [6.07, 6.45) is 3.94. The first-order chi connectivity index (χ1) is 14.2. The molecule has 1 aromatic rings. The second kappa shape index (κ2) is 8.83. The van der Waals surface area contributed by atoms with Crippen molar-refractivity contribution in [3.63, 3.8) is 0 Å². The highest BCUT2D eigenvalue weighted by Gasteiger charge is 2.52. The van der Waals surface area contributed by atoms with Crippen LogP contribution in [0.2, 0.25) is 0 Å². The van der Waals surface area contributed by atoms with Crippen molar-refractivity contribution in [2.75, 3.05) is 25.5 Å². The molecule has 1 spiro atoms. The van der Waals surface area contributed by atoms with Crippen molar-refractivity contribution in [2.45, 2.75) is 51.5 Å². The van der Waals surface area contributed by atoms with E-state index in [0.29, 0.717) is 12.8 Å². The standard InChI is InChI=1S/C21H29N5O4/c1-14-8-7-9-16(15(14)2)22-17(27)12-25(3)13-18(28)24-26-19(29)21(23-20(26)30)10-5-4-6-11-21/h7-9H,4-6,10-13H2,1-3H3,(H,22,27)(H,23,30)(H,24,28). The van der Waals surface area contributed by atoms with Crippen molar-refractivity contribution < 1.29 is 19.2 Å². The zero-order valence-corrected chi connectivity index (χ0v) is 17.7. The third-order valence-corrected chi connectivity index (χ3v) is 5.81. The molecule has 1 heterocycles. The Labute approximate surface area is 176 Å². The van der Waals surface area contributed by atoms with Crippen LogP contribution in [-0.4, -0.2) is 59.3 Å². The van der Waals surface area contributed by atoms with Gasteiger partial charge in [0.1, 0.15) is 5.54 Å². The van der Waals surface area contributed by atoms with E-state index in [-0.39, 0.29) is 19.0 Å². The van der Waals surface area contributed by atoms with Crippen molar-refractivity contribution in [1.82, 2.24) is 20.7 Å². The molecule has 30 heavy (non-hydrogen) atoms. The minimum Gasteiger partial charge on any atom is -0.325 e. The molecule has 3 N–H and O–H groups in total. The fraction of sp³-hybridized carbons (Fsp3) is 0.524. The number of hydrogen-bond acceptors (Lipinski definition) is 5. The molecular formula is C21H29N5O4. The van der Waals surface area contributed by atoms with Gasteiger partial charge in [-0.3, -0.25) is 24.7 Å². The molecule has 1 saturated carbocycles. The van der Waals surface area contributed by atoms with Gasteiger partial charge in [0.2, 0.25) is 5.91 Å². The van der Waals surface area contributed by atoms with Crippen LogP contribution in [-0.2, 0) is 14.4 Å². The molecule has 1 aliphatic carbocycles. The molecule has 0 radical (unpaired) electrons. The summed E-state index contributed by atoms with van der Waals surface area (Å²) in [7, 11) is 1.62. The number of rotatable bonds is 6. The fourth-order valence-corrected chi connectivity index (χ4v) is 4.00. The summed E-state index contributed by atoms with van der Waals surface area (Å²) in [6, 6.07) is 5.05. The first kappa shape index (κ1) is 21.8. The quantitative estimate of drug-likeness (QED) is 0.609. The topological polar surface area (TPSA) is 111 Å². The lowest BCUT2D eigenvalue weighted by Gasteiger charge is -2.30. The van der Waals surface area contributed by atoms with Crippen LogP contribution >= 0.6 is 0 Å². The van der Waals surface area contributed by atoms with Crippen LogP contribution in [0.1, 0.15) is 43.2 Å². The summed E-state index contributed by atoms with van der Waals surface area (Å²) in [5.41, 5.74) is 4.28. The maximum atomic E-state index is 12.7. The number of nitrogens with one attached hydrogen (secondary N) is 3. The number of carbonyl (C=O) groups excluding carboxylic acids is 4. The molecule has 1 saturated heterocycles. The van der Waals surface area contributed by atoms with Crippen LogP contribution in [0.3, 0.4) is 0 Å². The van der Waals surface area contributed by atoms with Gasteiger partial charge in [-0.2, -0.15) is 5.01 Å². The Balaban J connectivity index is 1.51. The number of nitrogens with zero attached hydrogens (tertiary/aromatic N) is 2. The van der Waals surface area contributed by atoms with Gasteiger partial charge in [-0.15, -0.1) is 0 Å². The SMILES string of the molecule is Cc1cccc(NC(=O)CN(C)CC(=O)NN2C(=O)NC3(CCCCC3)C2=O)c1C. The van der Waals surface area contributed by atoms with Crippen LogP contribution in [0.5, 0.6) is 0 Å². The van der Waals surface area contributed by atoms with E-state index in [1.807, 2.05) is 32.0 Å². The van der Waals surface area contributed by atoms with Crippen molar-refractivity contribution in [2.24, 2.45) is 0 Å². The van der Waals surface area contributed by atoms with Crippen LogP contribution in [0, 0.1) is 13.8 Å². The number of imide groups is 1. The van der Waals surface area contributed by atoms with E-state index in [0.717, 1.165) is 41.1 Å². The number of urea groups is 1. The van der Waals surface area contributed by atoms with Gasteiger partial charge in [0.15, 0.2) is 0 Å². The lowest BCUT2D eigenvalue weighted by molar-refractivity contribution is -0.140. The Morgan fingerprint density at radius 2 is 1.77 bits per heavy atom. The number of anilines is 1. The number of likely N-dealkylation sites (N-methyl/N-ethyl adjacent to an activating group) is 1. The predicted octanol–water partition coefficient (Wildman–Crippen LogP) is 1.46. The van der Waals surface area contributed by atoms with Crippen LogP contribution in [0.15, 0.2) is 18.2 Å². The number of benzene rings is 1. The van der Waals surface area contributed by atoms with Crippen LogP contribution < -0.4 is 16.1 Å². The number of hydrazine groups is 1. The molecule has 0 bridgehead atoms. The molecule has 0 unspecified atom stereocenters. The Morgan fingerprint density at radius 3 is 2.47 bits per heavy atom. The minimum absolute atomic E-state index is 0.00905. The van der Waals surface area contributed by atoms with Crippen LogP contribution in [0.4, 0.5) is 10.5 Å². The number of hydrogen-bond donors (Lipinski definition) is 3. The van der Waals surface area contributed by atoms with Crippen molar-refractivity contribution in [1.29, 1.82) is 0 Å². The Bertz CT molecular complexity index is 863. The van der Waals surface area contributed by atoms with Gasteiger partial charge < -0.3 is 10.6 Å². The average molecular weight is 415 g/mol. The molecule has 9 nitrogen and oxygen atoms in total. The van der Waals surface area contributed by atoms with E-state index in [1.165, 1.54) is 4.90 Å². The molecule has 3 rings (SSSR count). The summed E-state index contributed by atoms with van der Waals surface area (Å²) < 4.78 is 0. The smallest absolute Gasteiger partial charge is 0.325 e. The predicted molar refractivity (Wildman–Crippen MR) is 111 cm³/mol. The van der Waals surface area contributed by atoms with Crippen LogP contribution in [0.25, 0.3) is 0 Å². The monoisotopic (exact) mass is 415 g/mol. The second-order valence-corrected chi connectivity index (χ2v) is 8.22. The first-order valence-electron chi connectivity index (χ1n) is 10.2. The van der Waals surface area contributed by atoms with Gasteiger partial charge >= 0.3 is 6.03 Å². The number of carbonyl (C=O) groups is 4. The van der Waals surface area contributed by atoms with Crippen molar-refractivity contribution in [3.05, 3.63) is 29.3 Å². The Kier molecular flexibility index (Phi) is 6.40. The largest absolute Gasteiger partial charge is 0.344 e. The normalized spacial score (nSPS) is 17.9. The Morgan fingerprint density at radius 1 is 1.10 bits per heavy atom. The van der Waals surface area contributed by atoms with Gasteiger partial charge in [-0.25, -0.2) is 4.79 Å². The molecular weight excluding hydrogens is 386 g/mol. The first-order valence-corrected chi connectivity index (χ1v) is 10.2. The molecule has 162 valence electrons. The third kappa shape index (κ3) is 4.62. The highest BCUT2D eigenvalue weighted by Crippen LogP contribution is 2.32. The number of aryl methyl sites for hydroxylation is 1. The lowest BCUT2D eigenvalue weighted by Crippen LogP contribution is -2.52. The van der Waals surface area contributed by atoms with Gasteiger partial charge in [-0.05, 0) is 50.9 Å². The lowest BCUT2D eigenvalue weighted by atomic mass is 9.82. The molecule has 2 fully saturated rings. The minimum atomic E-state index is -0.889. The maximum Gasteiger partial charge on any atom is 0.344 e. The zero-order valence-electron chi connectivity index (χ0n) is 17.7. The maximum absolute atomic E-state index is 12.7. The summed E-state index contributed by atoms with van der Waals surface area (Å²) in [5.74, 6) is -1.19. The fourth-order valence-electron chi connectivity index (χ4n) is 4.00. The summed E-state index contributed by atoms with van der Waals surface area (Å²) >= 11 is 0. The van der Waals surface area contributed by atoms with E-state index in [2.05, 4.69) is 16.1 Å². The second-order valence-electron chi connectivity index (χ2n) is 8.22. The van der Waals surface area contributed by atoms with Gasteiger partial charge in [-0.1, -0.05) is 31.4 Å². The third-order valence-electron chi connectivity index (χ3n) is 5.81. The van der Waals surface area contributed by atoms with Gasteiger partial charge in [0, 0.05) is 5.69 Å². The molecule has 0 atom stereocenters. The number of amides is 5. The summed E-state index contributed by atoms with van der Waals surface area (Å²) in [4.78, 5) is 51.1. The van der Waals surface area contributed by atoms with E-state index in [9.17, 15) is 19.2 Å². The van der Waals surface area contributed by atoms with Gasteiger partial charge in [0.05, 0.1) is 13.1 Å². The molecule has 9 heteroatoms. The molecule has 1 aromatic carbocycles. The Hall–Kier alpha value is -2.94. The highest BCUT2D eigenvalue weighted by atomic mass is 16.2. The van der Waals surface area contributed by atoms with Gasteiger partial charge in [0.25, 0.3) is 11.8 Å². The van der Waals surface area contributed by atoms with E-state index in [1.54, 1.807) is 7.05 Å². The summed E-state index contributed by atoms with van der Waals surface area (Å²) in [6.45, 7) is 3.75. The summed E-state index contributed by atoms with van der Waals surface area (Å²) in [5, 5.41) is 6.36. The van der Waals surface area contributed by atoms with E-state index >= 15 is 0 Å². The van der Waals surface area contributed by atoms with Crippen molar-refractivity contribution in [3.8, 4) is 0 Å².